The lowest BCUT2D eigenvalue weighted by Crippen LogP contribution is -2.51. The maximum Gasteiger partial charge on any atom is 0.410 e. The summed E-state index contributed by atoms with van der Waals surface area (Å²) in [7, 11) is 0. The summed E-state index contributed by atoms with van der Waals surface area (Å²) in [6.07, 6.45) is 3.95. The van der Waals surface area contributed by atoms with E-state index in [4.69, 9.17) is 9.72 Å². The third-order valence-electron chi connectivity index (χ3n) is 7.35. The van der Waals surface area contributed by atoms with Gasteiger partial charge in [0.2, 0.25) is 5.95 Å². The minimum absolute atomic E-state index is 0.108. The molecule has 3 aliphatic rings. The van der Waals surface area contributed by atoms with Crippen LogP contribution in [0.15, 0.2) is 12.1 Å². The number of aromatic nitrogens is 3. The fourth-order valence-corrected chi connectivity index (χ4v) is 5.76. The first-order chi connectivity index (χ1) is 16.6. The SMILES string of the molecule is CC(C)(C)OC(=O)N1CC2CC[C@@H](C1)C2Nc1nc2n(n1)CCCCC2c1ccc(F)c(F)c1F. The van der Waals surface area contributed by atoms with Crippen molar-refractivity contribution in [3.63, 3.8) is 0 Å². The van der Waals surface area contributed by atoms with Crippen molar-refractivity contribution in [3.05, 3.63) is 41.0 Å². The van der Waals surface area contributed by atoms with Gasteiger partial charge in [0.15, 0.2) is 17.5 Å². The number of anilines is 1. The average Bonchev–Trinajstić information content (AvgIpc) is 3.19. The standard InChI is InChI=1S/C25H32F3N5O2/c1-25(2,3)35-24(34)32-12-14-7-8-15(13-32)21(14)29-23-30-22-17(6-4-5-11-33(22)31-23)16-9-10-18(26)20(28)19(16)27/h9-10,14-15,17,21H,4-8,11-13H2,1-3H3,(H,29,31)/t14-,15?,17?,21?/m0/s1. The van der Waals surface area contributed by atoms with Gasteiger partial charge in [-0.25, -0.2) is 22.6 Å². The highest BCUT2D eigenvalue weighted by Crippen LogP contribution is 2.40. The number of aryl methyl sites for hydroxylation is 1. The molecule has 0 radical (unpaired) electrons. The van der Waals surface area contributed by atoms with Crippen molar-refractivity contribution in [1.82, 2.24) is 19.7 Å². The van der Waals surface area contributed by atoms with Crippen LogP contribution in [0.3, 0.4) is 0 Å². The number of carbonyl (C=O) groups excluding carboxylic acids is 1. The highest BCUT2D eigenvalue weighted by molar-refractivity contribution is 5.68. The van der Waals surface area contributed by atoms with Gasteiger partial charge in [-0.3, -0.25) is 0 Å². The summed E-state index contributed by atoms with van der Waals surface area (Å²) < 4.78 is 49.4. The molecule has 1 N–H and O–H groups in total. The highest BCUT2D eigenvalue weighted by Gasteiger charge is 2.45. The Morgan fingerprint density at radius 2 is 1.77 bits per heavy atom. The summed E-state index contributed by atoms with van der Waals surface area (Å²) in [6, 6.07) is 2.40. The minimum atomic E-state index is -1.45. The van der Waals surface area contributed by atoms with E-state index in [1.165, 1.54) is 6.07 Å². The first-order valence-electron chi connectivity index (χ1n) is 12.4. The van der Waals surface area contributed by atoms with E-state index in [1.54, 1.807) is 9.58 Å². The lowest BCUT2D eigenvalue weighted by atomic mass is 9.92. The van der Waals surface area contributed by atoms with E-state index in [9.17, 15) is 18.0 Å². The predicted molar refractivity (Wildman–Crippen MR) is 123 cm³/mol. The molecule has 1 aliphatic carbocycles. The van der Waals surface area contributed by atoms with Gasteiger partial charge in [-0.15, -0.1) is 5.10 Å². The molecule has 3 unspecified atom stereocenters. The van der Waals surface area contributed by atoms with Crippen LogP contribution in [0.2, 0.25) is 0 Å². The molecule has 10 heteroatoms. The van der Waals surface area contributed by atoms with Crippen molar-refractivity contribution in [3.8, 4) is 0 Å². The molecule has 1 aromatic carbocycles. The number of halogens is 3. The van der Waals surface area contributed by atoms with Gasteiger partial charge in [0.05, 0.1) is 0 Å². The Hall–Kier alpha value is -2.78. The number of hydrogen-bond donors (Lipinski definition) is 1. The number of carbonyl (C=O) groups is 1. The number of nitrogens with one attached hydrogen (secondary N) is 1. The summed E-state index contributed by atoms with van der Waals surface area (Å²) in [6.45, 7) is 7.44. The Balaban J connectivity index is 1.34. The molecule has 35 heavy (non-hydrogen) atoms. The fraction of sp³-hybridized carbons (Fsp3) is 0.640. The van der Waals surface area contributed by atoms with E-state index >= 15 is 0 Å². The van der Waals surface area contributed by atoms with Crippen LogP contribution in [-0.2, 0) is 11.3 Å². The Morgan fingerprint density at radius 1 is 1.06 bits per heavy atom. The zero-order chi connectivity index (χ0) is 24.9. The highest BCUT2D eigenvalue weighted by atomic mass is 19.2. The summed E-state index contributed by atoms with van der Waals surface area (Å²) in [5.41, 5.74) is -0.427. The van der Waals surface area contributed by atoms with Gasteiger partial charge < -0.3 is 15.0 Å². The van der Waals surface area contributed by atoms with Crippen molar-refractivity contribution in [2.75, 3.05) is 18.4 Å². The van der Waals surface area contributed by atoms with Crippen LogP contribution in [0.5, 0.6) is 0 Å². The molecule has 3 heterocycles. The maximum atomic E-state index is 14.6. The van der Waals surface area contributed by atoms with Crippen LogP contribution in [0, 0.1) is 29.3 Å². The number of likely N-dealkylation sites (tertiary alicyclic amines) is 1. The Kier molecular flexibility index (Phi) is 6.17. The van der Waals surface area contributed by atoms with Gasteiger partial charge in [-0.1, -0.05) is 12.5 Å². The third-order valence-corrected chi connectivity index (χ3v) is 7.35. The fourth-order valence-electron chi connectivity index (χ4n) is 5.76. The van der Waals surface area contributed by atoms with Crippen molar-refractivity contribution < 1.29 is 22.7 Å². The number of rotatable bonds is 3. The van der Waals surface area contributed by atoms with E-state index < -0.39 is 29.0 Å². The monoisotopic (exact) mass is 491 g/mol. The van der Waals surface area contributed by atoms with E-state index in [-0.39, 0.29) is 29.5 Å². The van der Waals surface area contributed by atoms with E-state index in [1.807, 2.05) is 20.8 Å². The largest absolute Gasteiger partial charge is 0.444 e. The zero-order valence-corrected chi connectivity index (χ0v) is 20.4. The Bertz CT molecular complexity index is 1100. The minimum Gasteiger partial charge on any atom is -0.444 e. The molecule has 1 saturated heterocycles. The number of ether oxygens (including phenoxy) is 1. The molecular weight excluding hydrogens is 459 g/mol. The van der Waals surface area contributed by atoms with Crippen molar-refractivity contribution >= 4 is 12.0 Å². The van der Waals surface area contributed by atoms with Crippen LogP contribution >= 0.6 is 0 Å². The van der Waals surface area contributed by atoms with Crippen LogP contribution in [-0.4, -0.2) is 50.5 Å². The second kappa shape index (κ2) is 9.02. The molecule has 1 saturated carbocycles. The maximum absolute atomic E-state index is 14.6. The van der Waals surface area contributed by atoms with Crippen LogP contribution in [0.25, 0.3) is 0 Å². The number of fused-ring (bicyclic) bond motifs is 3. The Labute approximate surface area is 203 Å². The number of benzene rings is 1. The number of hydrogen-bond acceptors (Lipinski definition) is 5. The summed E-state index contributed by atoms with van der Waals surface area (Å²) in [4.78, 5) is 19.1. The smallest absolute Gasteiger partial charge is 0.410 e. The van der Waals surface area contributed by atoms with Gasteiger partial charge in [-0.2, -0.15) is 4.98 Å². The molecule has 190 valence electrons. The Morgan fingerprint density at radius 3 is 2.46 bits per heavy atom. The third kappa shape index (κ3) is 4.71. The predicted octanol–water partition coefficient (Wildman–Crippen LogP) is 5.07. The van der Waals surface area contributed by atoms with Crippen molar-refractivity contribution in [1.29, 1.82) is 0 Å². The molecule has 2 bridgehead atoms. The quantitative estimate of drug-likeness (QED) is 0.607. The summed E-state index contributed by atoms with van der Waals surface area (Å²) in [5, 5.41) is 8.13. The summed E-state index contributed by atoms with van der Waals surface area (Å²) in [5.74, 6) is -2.78. The molecule has 1 amide bonds. The number of piperidine rings is 1. The lowest BCUT2D eigenvalue weighted by Gasteiger charge is -2.38. The normalized spacial score (nSPS) is 26.3. The molecule has 4 atom stereocenters. The summed E-state index contributed by atoms with van der Waals surface area (Å²) >= 11 is 0. The molecule has 1 aromatic heterocycles. The average molecular weight is 492 g/mol. The number of nitrogens with zero attached hydrogens (tertiary/aromatic N) is 4. The van der Waals surface area contributed by atoms with E-state index in [0.29, 0.717) is 37.8 Å². The van der Waals surface area contributed by atoms with Gasteiger partial charge in [0, 0.05) is 37.2 Å². The molecule has 5 rings (SSSR count). The topological polar surface area (TPSA) is 72.3 Å². The molecule has 7 nitrogen and oxygen atoms in total. The van der Waals surface area contributed by atoms with Crippen molar-refractivity contribution in [2.24, 2.45) is 11.8 Å². The first kappa shape index (κ1) is 23.9. The molecule has 2 aliphatic heterocycles. The first-order valence-corrected chi connectivity index (χ1v) is 12.4. The second-order valence-corrected chi connectivity index (χ2v) is 11.0. The van der Waals surface area contributed by atoms with Crippen molar-refractivity contribution in [2.45, 2.75) is 77.0 Å². The number of amides is 1. The van der Waals surface area contributed by atoms with Gasteiger partial charge in [0.25, 0.3) is 0 Å². The van der Waals surface area contributed by atoms with Gasteiger partial charge in [0.1, 0.15) is 11.4 Å². The molecule has 0 spiro atoms. The van der Waals surface area contributed by atoms with Crippen LogP contribution < -0.4 is 5.32 Å². The molecular formula is C25H32F3N5O2. The van der Waals surface area contributed by atoms with Crippen LogP contribution in [0.4, 0.5) is 23.9 Å². The van der Waals surface area contributed by atoms with E-state index in [2.05, 4.69) is 10.4 Å². The van der Waals surface area contributed by atoms with Gasteiger partial charge >= 0.3 is 6.09 Å². The zero-order valence-electron chi connectivity index (χ0n) is 20.4. The second-order valence-electron chi connectivity index (χ2n) is 11.0. The molecule has 2 fully saturated rings. The van der Waals surface area contributed by atoms with E-state index in [0.717, 1.165) is 31.7 Å². The molecule has 2 aromatic rings. The van der Waals surface area contributed by atoms with Gasteiger partial charge in [-0.05, 0) is 64.4 Å². The van der Waals surface area contributed by atoms with Crippen LogP contribution in [0.1, 0.15) is 70.2 Å². The lowest BCUT2D eigenvalue weighted by molar-refractivity contribution is 0.0141.